The molecule has 0 saturated carbocycles. The molecule has 1 aromatic carbocycles. The number of aromatic nitrogens is 3. The lowest BCUT2D eigenvalue weighted by Crippen LogP contribution is -2.51. The van der Waals surface area contributed by atoms with Crippen molar-refractivity contribution in [2.24, 2.45) is 13.0 Å². The van der Waals surface area contributed by atoms with Gasteiger partial charge in [-0.2, -0.15) is 9.37 Å². The van der Waals surface area contributed by atoms with Gasteiger partial charge in [0.2, 0.25) is 11.9 Å². The topological polar surface area (TPSA) is 136 Å². The fourth-order valence-corrected chi connectivity index (χ4v) is 5.63. The molecule has 1 atom stereocenters. The smallest absolute Gasteiger partial charge is 0.291 e. The van der Waals surface area contributed by atoms with E-state index in [2.05, 4.69) is 20.6 Å². The molecular weight excluding hydrogens is 646 g/mol. The van der Waals surface area contributed by atoms with Crippen molar-refractivity contribution in [2.75, 3.05) is 63.6 Å². The van der Waals surface area contributed by atoms with Gasteiger partial charge < -0.3 is 35.0 Å². The lowest BCUT2D eigenvalue weighted by Gasteiger charge is -2.35. The molecule has 0 spiro atoms. The molecule has 0 aliphatic carbocycles. The molecule has 3 aromatic rings. The third-order valence-electron chi connectivity index (χ3n) is 7.80. The number of amides is 3. The van der Waals surface area contributed by atoms with Crippen molar-refractivity contribution >= 4 is 40.8 Å². The van der Waals surface area contributed by atoms with Crippen molar-refractivity contribution in [3.63, 3.8) is 0 Å². The summed E-state index contributed by atoms with van der Waals surface area (Å²) in [5.74, 6) is -2.20. The van der Waals surface area contributed by atoms with Gasteiger partial charge in [0, 0.05) is 59.4 Å². The molecule has 2 aliphatic heterocycles. The van der Waals surface area contributed by atoms with Crippen molar-refractivity contribution in [2.45, 2.75) is 39.2 Å². The zero-order chi connectivity index (χ0) is 35.3. The molecule has 2 aliphatic rings. The minimum atomic E-state index is -0.901. The van der Waals surface area contributed by atoms with Crippen LogP contribution >= 0.6 is 11.6 Å². The number of hydrogen-bond acceptors (Lipinski definition) is 8. The van der Waals surface area contributed by atoms with Crippen LogP contribution in [-0.2, 0) is 11.8 Å². The third kappa shape index (κ3) is 9.26. The molecular formula is C33H43ClF2N8O4. The Bertz CT molecular complexity index is 1640. The molecule has 2 aromatic heterocycles. The predicted octanol–water partition coefficient (Wildman–Crippen LogP) is 3.79. The molecule has 0 unspecified atom stereocenters. The fraction of sp³-hybridized carbons (Fsp3) is 0.485. The quantitative estimate of drug-likeness (QED) is 0.319. The highest BCUT2D eigenvalue weighted by Gasteiger charge is 2.28. The average molecular weight is 689 g/mol. The molecule has 48 heavy (non-hydrogen) atoms. The van der Waals surface area contributed by atoms with Crippen LogP contribution < -0.4 is 15.5 Å². The zero-order valence-corrected chi connectivity index (χ0v) is 28.9. The number of piperazine rings is 1. The van der Waals surface area contributed by atoms with E-state index >= 15 is 0 Å². The maximum Gasteiger partial charge on any atom is 0.291 e. The van der Waals surface area contributed by atoms with Gasteiger partial charge in [-0.25, -0.2) is 9.37 Å². The molecule has 260 valence electrons. The number of nitrogens with zero attached hydrogens (tertiary/aromatic N) is 6. The first-order chi connectivity index (χ1) is 22.5. The predicted molar refractivity (Wildman–Crippen MR) is 180 cm³/mol. The Hall–Kier alpha value is -4.14. The number of pyridine rings is 1. The maximum absolute atomic E-state index is 14.7. The second-order valence-corrected chi connectivity index (χ2v) is 13.5. The second-order valence-electron chi connectivity index (χ2n) is 13.1. The normalized spacial score (nSPS) is 16.3. The van der Waals surface area contributed by atoms with Gasteiger partial charge in [-0.15, -0.1) is 0 Å². The fourth-order valence-electron chi connectivity index (χ4n) is 5.37. The summed E-state index contributed by atoms with van der Waals surface area (Å²) in [4.78, 5) is 51.4. The molecule has 0 radical (unpaired) electrons. The molecule has 12 nitrogen and oxygen atoms in total. The highest BCUT2D eigenvalue weighted by Crippen LogP contribution is 2.28. The van der Waals surface area contributed by atoms with E-state index < -0.39 is 23.3 Å². The van der Waals surface area contributed by atoms with E-state index in [0.29, 0.717) is 44.2 Å². The van der Waals surface area contributed by atoms with Crippen LogP contribution in [0.4, 0.5) is 20.3 Å². The van der Waals surface area contributed by atoms with Gasteiger partial charge in [0.1, 0.15) is 0 Å². The van der Waals surface area contributed by atoms with Gasteiger partial charge in [0.15, 0.2) is 17.5 Å². The van der Waals surface area contributed by atoms with Crippen LogP contribution in [0.25, 0.3) is 11.3 Å². The van der Waals surface area contributed by atoms with E-state index in [-0.39, 0.29) is 45.3 Å². The lowest BCUT2D eigenvalue weighted by molar-refractivity contribution is -0.133. The zero-order valence-electron chi connectivity index (χ0n) is 28.1. The Morgan fingerprint density at radius 3 is 2.33 bits per heavy atom. The summed E-state index contributed by atoms with van der Waals surface area (Å²) in [6.45, 7) is 8.78. The summed E-state index contributed by atoms with van der Waals surface area (Å²) in [6.07, 6.45) is 2.79. The maximum atomic E-state index is 14.7. The van der Waals surface area contributed by atoms with Gasteiger partial charge >= 0.3 is 0 Å². The van der Waals surface area contributed by atoms with E-state index in [0.717, 1.165) is 25.6 Å². The largest absolute Gasteiger partial charge is 0.391 e. The van der Waals surface area contributed by atoms with E-state index in [1.807, 2.05) is 4.90 Å². The summed E-state index contributed by atoms with van der Waals surface area (Å²) in [6, 6.07) is 5.56. The first-order valence-electron chi connectivity index (χ1n) is 15.7. The third-order valence-corrected chi connectivity index (χ3v) is 8.12. The van der Waals surface area contributed by atoms with Gasteiger partial charge in [0.25, 0.3) is 11.8 Å². The number of imidazole rings is 1. The molecule has 2 fully saturated rings. The molecule has 2 saturated heterocycles. The number of carbonyl (C=O) groups excluding carboxylic acids is 3. The van der Waals surface area contributed by atoms with Crippen LogP contribution in [0.1, 0.15) is 54.6 Å². The summed E-state index contributed by atoms with van der Waals surface area (Å²) >= 11 is 6.45. The number of halogens is 3. The molecule has 5 rings (SSSR count). The van der Waals surface area contributed by atoms with Gasteiger partial charge in [0.05, 0.1) is 33.6 Å². The van der Waals surface area contributed by atoms with Gasteiger partial charge in [-0.05, 0) is 70.5 Å². The molecule has 3 amide bonds. The average Bonchev–Trinajstić information content (AvgIpc) is 3.66. The van der Waals surface area contributed by atoms with Crippen LogP contribution in [0.2, 0.25) is 5.02 Å². The second kappa shape index (κ2) is 15.4. The lowest BCUT2D eigenvalue weighted by atomic mass is 10.0. The Kier molecular flexibility index (Phi) is 11.8. The number of anilines is 2. The van der Waals surface area contributed by atoms with E-state index in [9.17, 15) is 23.2 Å². The first-order valence-corrected chi connectivity index (χ1v) is 16.1. The van der Waals surface area contributed by atoms with Crippen LogP contribution in [0.5, 0.6) is 0 Å². The van der Waals surface area contributed by atoms with Crippen LogP contribution in [0, 0.1) is 17.7 Å². The molecule has 3 N–H and O–H groups in total. The molecule has 0 bridgehead atoms. The minimum Gasteiger partial charge on any atom is -0.391 e. The summed E-state index contributed by atoms with van der Waals surface area (Å²) in [5.41, 5.74) is 0.124. The SMILES string of the molecule is CC(C)(C)O.CN(C)c1nc(F)c(-c2cnc(C(=O)Nc3ccc(C(=O)N4CCN(C(=O)C[C@@H]5CCNC5)CC4)c(Cl)c3)n2C)cc1F. The Morgan fingerprint density at radius 1 is 1.10 bits per heavy atom. The van der Waals surface area contributed by atoms with Crippen molar-refractivity contribution in [3.05, 3.63) is 58.6 Å². The monoisotopic (exact) mass is 688 g/mol. The number of nitrogens with one attached hydrogen (secondary N) is 2. The minimum absolute atomic E-state index is 0.0561. The van der Waals surface area contributed by atoms with E-state index in [1.54, 1.807) is 45.8 Å². The van der Waals surface area contributed by atoms with E-state index in [1.165, 1.54) is 34.8 Å². The van der Waals surface area contributed by atoms with Crippen LogP contribution in [0.15, 0.2) is 30.5 Å². The summed E-state index contributed by atoms with van der Waals surface area (Å²) in [7, 11) is 4.60. The highest BCUT2D eigenvalue weighted by atomic mass is 35.5. The van der Waals surface area contributed by atoms with Crippen molar-refractivity contribution in [3.8, 4) is 11.3 Å². The number of rotatable bonds is 7. The first kappa shape index (κ1) is 36.7. The Balaban J connectivity index is 0.000000968. The number of aliphatic hydroxyl groups is 1. The van der Waals surface area contributed by atoms with Crippen molar-refractivity contribution in [1.82, 2.24) is 29.7 Å². The van der Waals surface area contributed by atoms with Gasteiger partial charge in [-0.3, -0.25) is 14.4 Å². The van der Waals surface area contributed by atoms with Crippen LogP contribution in [-0.4, -0.2) is 106 Å². The van der Waals surface area contributed by atoms with Crippen molar-refractivity contribution in [1.29, 1.82) is 0 Å². The number of carbonyl (C=O) groups is 3. The standard InChI is InChI=1S/C29H33ClF2N8O3.C4H10O/c1-37(2)26-22(31)14-20(25(32)36-26)23-16-34-27(38(23)3)28(42)35-18-4-5-19(21(30)13-18)29(43)40-10-8-39(9-11-40)24(41)12-17-6-7-33-15-17;1-4(2,3)5/h4-5,13-14,16-17,33H,6-12,15H2,1-3H3,(H,35,42);5H,1-3H3/t17-;/m0./s1. The van der Waals surface area contributed by atoms with Crippen LogP contribution in [0.3, 0.4) is 0 Å². The Morgan fingerprint density at radius 2 is 1.75 bits per heavy atom. The number of benzene rings is 1. The summed E-state index contributed by atoms with van der Waals surface area (Å²) < 4.78 is 30.5. The van der Waals surface area contributed by atoms with Gasteiger partial charge in [-0.1, -0.05) is 11.6 Å². The molecule has 15 heteroatoms. The Labute approximate surface area is 284 Å². The highest BCUT2D eigenvalue weighted by molar-refractivity contribution is 6.34. The number of hydrogen-bond donors (Lipinski definition) is 3. The molecule has 4 heterocycles. The van der Waals surface area contributed by atoms with E-state index in [4.69, 9.17) is 16.7 Å². The van der Waals surface area contributed by atoms with Crippen molar-refractivity contribution < 1.29 is 28.3 Å². The summed E-state index contributed by atoms with van der Waals surface area (Å²) in [5, 5.41) is 14.6.